The van der Waals surface area contributed by atoms with Gasteiger partial charge in [-0.3, -0.25) is 9.69 Å². The molecule has 1 aliphatic rings. The largest absolute Gasteiger partial charge is 0.497 e. The number of rotatable bonds is 8. The lowest BCUT2D eigenvalue weighted by molar-refractivity contribution is -0.120. The van der Waals surface area contributed by atoms with E-state index in [-0.39, 0.29) is 11.9 Å². The zero-order valence-corrected chi connectivity index (χ0v) is 17.0. The van der Waals surface area contributed by atoms with Crippen LogP contribution in [-0.4, -0.2) is 44.7 Å². The molecule has 1 fully saturated rings. The van der Waals surface area contributed by atoms with Crippen LogP contribution in [0, 0.1) is 11.3 Å². The van der Waals surface area contributed by atoms with Crippen molar-refractivity contribution in [1.29, 1.82) is 5.26 Å². The highest BCUT2D eigenvalue weighted by Crippen LogP contribution is 2.38. The van der Waals surface area contributed by atoms with E-state index in [4.69, 9.17) is 14.7 Å². The summed E-state index contributed by atoms with van der Waals surface area (Å²) in [5.41, 5.74) is 1.90. The lowest BCUT2D eigenvalue weighted by atomic mass is 10.0. The summed E-state index contributed by atoms with van der Waals surface area (Å²) in [6, 6.07) is 17.6. The van der Waals surface area contributed by atoms with Gasteiger partial charge in [-0.15, -0.1) is 0 Å². The Hall–Kier alpha value is -3.04. The van der Waals surface area contributed by atoms with Crippen molar-refractivity contribution in [1.82, 2.24) is 4.90 Å². The van der Waals surface area contributed by atoms with E-state index in [2.05, 4.69) is 11.0 Å². The third-order valence-electron chi connectivity index (χ3n) is 5.32. The molecule has 29 heavy (non-hydrogen) atoms. The molecule has 3 rings (SSSR count). The van der Waals surface area contributed by atoms with Crippen LogP contribution in [0.1, 0.15) is 30.9 Å². The molecule has 1 aliphatic heterocycles. The van der Waals surface area contributed by atoms with Gasteiger partial charge in [0, 0.05) is 29.9 Å². The molecular formula is C23H27N3O3. The fourth-order valence-corrected chi connectivity index (χ4v) is 3.89. The van der Waals surface area contributed by atoms with Crippen molar-refractivity contribution in [2.24, 2.45) is 0 Å². The van der Waals surface area contributed by atoms with Crippen molar-refractivity contribution in [3.8, 4) is 17.6 Å². The van der Waals surface area contributed by atoms with Crippen LogP contribution in [0.25, 0.3) is 0 Å². The monoisotopic (exact) mass is 393 g/mol. The van der Waals surface area contributed by atoms with Gasteiger partial charge >= 0.3 is 0 Å². The molecule has 1 saturated heterocycles. The van der Waals surface area contributed by atoms with Gasteiger partial charge in [0.2, 0.25) is 5.91 Å². The number of ether oxygens (including phenoxy) is 2. The van der Waals surface area contributed by atoms with Crippen molar-refractivity contribution in [2.45, 2.75) is 25.3 Å². The second-order valence-corrected chi connectivity index (χ2v) is 7.03. The molecule has 1 amide bonds. The lowest BCUT2D eigenvalue weighted by Gasteiger charge is -2.29. The molecule has 2 aromatic rings. The number of carbonyl (C=O) groups is 1. The SMILES string of the molecule is COc1ccc([C@H]2CCCN2CC(=O)N(CCC#N)c2ccccc2)c(OC)c1. The topological polar surface area (TPSA) is 65.8 Å². The number of anilines is 1. The van der Waals surface area contributed by atoms with E-state index >= 15 is 0 Å². The van der Waals surface area contributed by atoms with Crippen LogP contribution in [0.4, 0.5) is 5.69 Å². The van der Waals surface area contributed by atoms with E-state index in [1.54, 1.807) is 19.1 Å². The molecule has 152 valence electrons. The van der Waals surface area contributed by atoms with E-state index < -0.39 is 0 Å². The van der Waals surface area contributed by atoms with Crippen LogP contribution in [-0.2, 0) is 4.79 Å². The Labute approximate surface area is 172 Å². The smallest absolute Gasteiger partial charge is 0.241 e. The third-order valence-corrected chi connectivity index (χ3v) is 5.32. The Morgan fingerprint density at radius 1 is 1.21 bits per heavy atom. The minimum atomic E-state index is 0.00540. The van der Waals surface area contributed by atoms with Gasteiger partial charge in [0.25, 0.3) is 0 Å². The van der Waals surface area contributed by atoms with Gasteiger partial charge in [0.05, 0.1) is 33.3 Å². The average Bonchev–Trinajstić information content (AvgIpc) is 3.22. The Balaban J connectivity index is 1.79. The van der Waals surface area contributed by atoms with Crippen molar-refractivity contribution < 1.29 is 14.3 Å². The molecule has 6 heteroatoms. The Morgan fingerprint density at radius 3 is 2.69 bits per heavy atom. The zero-order chi connectivity index (χ0) is 20.6. The molecule has 0 spiro atoms. The summed E-state index contributed by atoms with van der Waals surface area (Å²) in [5, 5.41) is 9.00. The quantitative estimate of drug-likeness (QED) is 0.683. The number of nitriles is 1. The first-order valence-corrected chi connectivity index (χ1v) is 9.86. The molecule has 0 saturated carbocycles. The lowest BCUT2D eigenvalue weighted by Crippen LogP contribution is -2.40. The minimum absolute atomic E-state index is 0.00540. The van der Waals surface area contributed by atoms with Crippen molar-refractivity contribution in [2.75, 3.05) is 38.8 Å². The molecular weight excluding hydrogens is 366 g/mol. The molecule has 0 bridgehead atoms. The summed E-state index contributed by atoms with van der Waals surface area (Å²) in [4.78, 5) is 17.1. The minimum Gasteiger partial charge on any atom is -0.497 e. The molecule has 1 atom stereocenters. The fraction of sp³-hybridized carbons (Fsp3) is 0.391. The van der Waals surface area contributed by atoms with E-state index in [1.807, 2.05) is 48.5 Å². The van der Waals surface area contributed by atoms with Gasteiger partial charge in [-0.25, -0.2) is 0 Å². The van der Waals surface area contributed by atoms with Crippen LogP contribution in [0.15, 0.2) is 48.5 Å². The first-order valence-electron chi connectivity index (χ1n) is 9.86. The number of likely N-dealkylation sites (tertiary alicyclic amines) is 1. The number of hydrogen-bond acceptors (Lipinski definition) is 5. The molecule has 2 aromatic carbocycles. The summed E-state index contributed by atoms with van der Waals surface area (Å²) in [5.74, 6) is 1.53. The number of amides is 1. The van der Waals surface area contributed by atoms with E-state index in [0.29, 0.717) is 19.5 Å². The van der Waals surface area contributed by atoms with Crippen molar-refractivity contribution in [3.63, 3.8) is 0 Å². The Kier molecular flexibility index (Phi) is 7.09. The molecule has 0 radical (unpaired) electrons. The van der Waals surface area contributed by atoms with Gasteiger partial charge in [-0.2, -0.15) is 5.26 Å². The first-order chi connectivity index (χ1) is 14.2. The second-order valence-electron chi connectivity index (χ2n) is 7.03. The highest BCUT2D eigenvalue weighted by molar-refractivity contribution is 5.94. The predicted octanol–water partition coefficient (Wildman–Crippen LogP) is 3.79. The van der Waals surface area contributed by atoms with Gasteiger partial charge in [-0.1, -0.05) is 24.3 Å². The maximum Gasteiger partial charge on any atom is 0.241 e. The molecule has 0 N–H and O–H groups in total. The number of nitrogens with zero attached hydrogens (tertiary/aromatic N) is 3. The number of hydrogen-bond donors (Lipinski definition) is 0. The average molecular weight is 393 g/mol. The number of benzene rings is 2. The van der Waals surface area contributed by atoms with Gasteiger partial charge in [0.1, 0.15) is 11.5 Å². The number of para-hydroxylation sites is 1. The van der Waals surface area contributed by atoms with Crippen LogP contribution >= 0.6 is 0 Å². The summed E-state index contributed by atoms with van der Waals surface area (Å²) in [6.07, 6.45) is 2.30. The molecule has 0 unspecified atom stereocenters. The fourth-order valence-electron chi connectivity index (χ4n) is 3.89. The number of methoxy groups -OCH3 is 2. The molecule has 0 aliphatic carbocycles. The van der Waals surface area contributed by atoms with Crippen LogP contribution < -0.4 is 14.4 Å². The summed E-state index contributed by atoms with van der Waals surface area (Å²) in [7, 11) is 3.29. The molecule has 1 heterocycles. The van der Waals surface area contributed by atoms with Gasteiger partial charge in [0.15, 0.2) is 0 Å². The summed E-state index contributed by atoms with van der Waals surface area (Å²) in [6.45, 7) is 1.55. The Bertz CT molecular complexity index is 863. The zero-order valence-electron chi connectivity index (χ0n) is 17.0. The van der Waals surface area contributed by atoms with E-state index in [9.17, 15) is 4.79 Å². The standard InChI is InChI=1S/C23H27N3O3/c1-28-19-11-12-20(22(16-19)29-2)21-10-6-14-25(21)17-23(27)26(15-7-13-24)18-8-4-3-5-9-18/h3-5,8-9,11-12,16,21H,6-7,10,14-15,17H2,1-2H3/t21-/m1/s1. The number of carbonyl (C=O) groups excluding carboxylic acids is 1. The summed E-state index contributed by atoms with van der Waals surface area (Å²) < 4.78 is 10.9. The van der Waals surface area contributed by atoms with E-state index in [1.165, 1.54) is 0 Å². The highest BCUT2D eigenvalue weighted by Gasteiger charge is 2.31. The van der Waals surface area contributed by atoms with E-state index in [0.717, 1.165) is 42.1 Å². The van der Waals surface area contributed by atoms with Crippen molar-refractivity contribution >= 4 is 11.6 Å². The molecule has 6 nitrogen and oxygen atoms in total. The highest BCUT2D eigenvalue weighted by atomic mass is 16.5. The normalized spacial score (nSPS) is 16.2. The summed E-state index contributed by atoms with van der Waals surface area (Å²) >= 11 is 0. The van der Waals surface area contributed by atoms with Crippen molar-refractivity contribution in [3.05, 3.63) is 54.1 Å². The maximum absolute atomic E-state index is 13.2. The second kappa shape index (κ2) is 9.94. The maximum atomic E-state index is 13.2. The van der Waals surface area contributed by atoms with Crippen LogP contribution in [0.2, 0.25) is 0 Å². The third kappa shape index (κ3) is 4.87. The van der Waals surface area contributed by atoms with Gasteiger partial charge in [-0.05, 0) is 37.6 Å². The Morgan fingerprint density at radius 2 is 2.00 bits per heavy atom. The molecule has 0 aromatic heterocycles. The van der Waals surface area contributed by atoms with Gasteiger partial charge < -0.3 is 14.4 Å². The predicted molar refractivity (Wildman–Crippen MR) is 112 cm³/mol. The van der Waals surface area contributed by atoms with Crippen LogP contribution in [0.5, 0.6) is 11.5 Å². The first kappa shape index (κ1) is 20.7. The van der Waals surface area contributed by atoms with Crippen LogP contribution in [0.3, 0.4) is 0 Å².